The average Bonchev–Trinajstić information content (AvgIpc) is 2.89. The number of anilines is 1. The van der Waals surface area contributed by atoms with Crippen molar-refractivity contribution in [1.82, 2.24) is 9.97 Å². The first-order valence-electron chi connectivity index (χ1n) is 5.42. The molecule has 1 aliphatic heterocycles. The molecule has 0 spiro atoms. The highest BCUT2D eigenvalue weighted by atomic mass is 32.2. The molecule has 17 heavy (non-hydrogen) atoms. The molecule has 0 saturated carbocycles. The molecule has 7 heteroatoms. The molecule has 1 aliphatic rings. The Morgan fingerprint density at radius 2 is 2.53 bits per heavy atom. The van der Waals surface area contributed by atoms with E-state index in [0.29, 0.717) is 29.4 Å². The summed E-state index contributed by atoms with van der Waals surface area (Å²) in [6.45, 7) is 2.21. The zero-order valence-corrected chi connectivity index (χ0v) is 10.5. The predicted octanol–water partition coefficient (Wildman–Crippen LogP) is 0.899. The second-order valence-electron chi connectivity index (χ2n) is 3.76. The second-order valence-corrected chi connectivity index (χ2v) is 4.54. The summed E-state index contributed by atoms with van der Waals surface area (Å²) in [7, 11) is 0. The van der Waals surface area contributed by atoms with Gasteiger partial charge in [-0.05, 0) is 12.7 Å². The highest BCUT2D eigenvalue weighted by Gasteiger charge is 2.16. The largest absolute Gasteiger partial charge is 0.477 e. The molecular weight excluding hydrogens is 240 g/mol. The topological polar surface area (TPSA) is 82.3 Å². The van der Waals surface area contributed by atoms with Crippen LogP contribution in [-0.4, -0.2) is 36.0 Å². The Kier molecular flexibility index (Phi) is 4.41. The van der Waals surface area contributed by atoms with E-state index in [1.54, 1.807) is 6.07 Å². The van der Waals surface area contributed by atoms with Crippen LogP contribution >= 0.6 is 11.8 Å². The molecule has 0 aromatic carbocycles. The Bertz CT molecular complexity index is 349. The molecule has 0 amide bonds. The average molecular weight is 256 g/mol. The van der Waals surface area contributed by atoms with Crippen molar-refractivity contribution >= 4 is 17.6 Å². The molecule has 2 heterocycles. The van der Waals surface area contributed by atoms with E-state index in [1.807, 2.05) is 6.26 Å². The van der Waals surface area contributed by atoms with E-state index < -0.39 is 0 Å². The molecule has 2 rings (SSSR count). The van der Waals surface area contributed by atoms with E-state index in [2.05, 4.69) is 15.4 Å². The Hall–Kier alpha value is -1.05. The summed E-state index contributed by atoms with van der Waals surface area (Å²) in [5, 5.41) is 0.637. The van der Waals surface area contributed by atoms with Crippen LogP contribution in [0.3, 0.4) is 0 Å². The van der Waals surface area contributed by atoms with Crippen molar-refractivity contribution in [1.29, 1.82) is 0 Å². The number of thioether (sulfide) groups is 1. The lowest BCUT2D eigenvalue weighted by Gasteiger charge is -2.11. The van der Waals surface area contributed by atoms with Gasteiger partial charge in [-0.25, -0.2) is 10.8 Å². The van der Waals surface area contributed by atoms with Crippen LogP contribution in [0.2, 0.25) is 0 Å². The van der Waals surface area contributed by atoms with Gasteiger partial charge in [0.1, 0.15) is 5.82 Å². The van der Waals surface area contributed by atoms with E-state index in [0.717, 1.165) is 19.6 Å². The van der Waals surface area contributed by atoms with Crippen LogP contribution in [0, 0.1) is 5.92 Å². The third kappa shape index (κ3) is 3.45. The third-order valence-electron chi connectivity index (χ3n) is 2.50. The van der Waals surface area contributed by atoms with Crippen molar-refractivity contribution in [3.63, 3.8) is 0 Å². The van der Waals surface area contributed by atoms with Crippen molar-refractivity contribution in [2.24, 2.45) is 11.8 Å². The Morgan fingerprint density at radius 1 is 1.65 bits per heavy atom. The van der Waals surface area contributed by atoms with Gasteiger partial charge in [-0.1, -0.05) is 11.8 Å². The van der Waals surface area contributed by atoms with Crippen LogP contribution < -0.4 is 16.0 Å². The van der Waals surface area contributed by atoms with Gasteiger partial charge in [0.15, 0.2) is 5.16 Å². The summed E-state index contributed by atoms with van der Waals surface area (Å²) in [6, 6.07) is 1.69. The van der Waals surface area contributed by atoms with Crippen LogP contribution in [0.1, 0.15) is 6.42 Å². The van der Waals surface area contributed by atoms with Gasteiger partial charge in [-0.2, -0.15) is 4.98 Å². The number of nitrogens with zero attached hydrogens (tertiary/aromatic N) is 2. The smallest absolute Gasteiger partial charge is 0.219 e. The van der Waals surface area contributed by atoms with Crippen LogP contribution in [-0.2, 0) is 4.74 Å². The number of nitrogens with one attached hydrogen (secondary N) is 1. The zero-order valence-electron chi connectivity index (χ0n) is 9.68. The minimum absolute atomic E-state index is 0.456. The number of aromatic nitrogens is 2. The SMILES string of the molecule is CSc1nc(NN)cc(OCC2CCOC2)n1. The van der Waals surface area contributed by atoms with Gasteiger partial charge in [0.05, 0.1) is 13.2 Å². The number of hydrazine groups is 1. The maximum Gasteiger partial charge on any atom is 0.219 e. The van der Waals surface area contributed by atoms with Gasteiger partial charge in [-0.15, -0.1) is 0 Å². The number of nitrogen functional groups attached to an aromatic ring is 1. The molecule has 0 bridgehead atoms. The van der Waals surface area contributed by atoms with Crippen LogP contribution in [0.5, 0.6) is 5.88 Å². The predicted molar refractivity (Wildman–Crippen MR) is 66.0 cm³/mol. The summed E-state index contributed by atoms with van der Waals surface area (Å²) in [4.78, 5) is 8.42. The first-order valence-corrected chi connectivity index (χ1v) is 6.64. The molecule has 1 saturated heterocycles. The van der Waals surface area contributed by atoms with Gasteiger partial charge in [0, 0.05) is 18.6 Å². The van der Waals surface area contributed by atoms with Crippen molar-refractivity contribution in [2.45, 2.75) is 11.6 Å². The monoisotopic (exact) mass is 256 g/mol. The minimum Gasteiger partial charge on any atom is -0.477 e. The Morgan fingerprint density at radius 3 is 3.18 bits per heavy atom. The fourth-order valence-corrected chi connectivity index (χ4v) is 1.93. The van der Waals surface area contributed by atoms with Gasteiger partial charge in [0.2, 0.25) is 5.88 Å². The third-order valence-corrected chi connectivity index (χ3v) is 3.05. The number of ether oxygens (including phenoxy) is 2. The zero-order chi connectivity index (χ0) is 12.1. The molecule has 1 unspecified atom stereocenters. The lowest BCUT2D eigenvalue weighted by Crippen LogP contribution is -2.14. The van der Waals surface area contributed by atoms with Crippen LogP contribution in [0.25, 0.3) is 0 Å². The maximum atomic E-state index is 5.63. The molecule has 1 atom stereocenters. The van der Waals surface area contributed by atoms with Gasteiger partial charge in [0.25, 0.3) is 0 Å². The highest BCUT2D eigenvalue weighted by Crippen LogP contribution is 2.20. The van der Waals surface area contributed by atoms with E-state index >= 15 is 0 Å². The highest BCUT2D eigenvalue weighted by molar-refractivity contribution is 7.98. The molecule has 1 fully saturated rings. The summed E-state index contributed by atoms with van der Waals surface area (Å²) in [5.41, 5.74) is 2.50. The Labute approximate surface area is 104 Å². The Balaban J connectivity index is 1.98. The molecular formula is C10H16N4O2S. The molecule has 3 N–H and O–H groups in total. The molecule has 0 radical (unpaired) electrons. The molecule has 1 aromatic heterocycles. The summed E-state index contributed by atoms with van der Waals surface area (Å²) >= 11 is 1.45. The summed E-state index contributed by atoms with van der Waals surface area (Å²) < 4.78 is 10.9. The number of hydrogen-bond acceptors (Lipinski definition) is 7. The molecule has 1 aromatic rings. The number of rotatable bonds is 5. The molecule has 6 nitrogen and oxygen atoms in total. The first-order chi connectivity index (χ1) is 8.31. The van der Waals surface area contributed by atoms with E-state index in [9.17, 15) is 0 Å². The quantitative estimate of drug-likeness (QED) is 0.350. The van der Waals surface area contributed by atoms with E-state index in [4.69, 9.17) is 15.3 Å². The molecule has 0 aliphatic carbocycles. The standard InChI is InChI=1S/C10H16N4O2S/c1-17-10-12-8(14-11)4-9(13-10)16-6-7-2-3-15-5-7/h4,7H,2-3,5-6,11H2,1H3,(H,12,13,14). The van der Waals surface area contributed by atoms with Crippen molar-refractivity contribution in [3.8, 4) is 5.88 Å². The van der Waals surface area contributed by atoms with E-state index in [-0.39, 0.29) is 0 Å². The van der Waals surface area contributed by atoms with Crippen molar-refractivity contribution in [3.05, 3.63) is 6.07 Å². The summed E-state index contributed by atoms with van der Waals surface area (Å²) in [5.74, 6) is 6.89. The van der Waals surface area contributed by atoms with Crippen LogP contribution in [0.15, 0.2) is 11.2 Å². The normalized spacial score (nSPS) is 19.3. The van der Waals surface area contributed by atoms with Gasteiger partial charge >= 0.3 is 0 Å². The van der Waals surface area contributed by atoms with Crippen molar-refractivity contribution < 1.29 is 9.47 Å². The van der Waals surface area contributed by atoms with Gasteiger partial charge < -0.3 is 14.9 Å². The lowest BCUT2D eigenvalue weighted by atomic mass is 10.1. The van der Waals surface area contributed by atoms with E-state index in [1.165, 1.54) is 11.8 Å². The minimum atomic E-state index is 0.456. The second kappa shape index (κ2) is 6.04. The molecule has 94 valence electrons. The van der Waals surface area contributed by atoms with Crippen LogP contribution in [0.4, 0.5) is 5.82 Å². The number of nitrogens with two attached hydrogens (primary N) is 1. The first kappa shape index (κ1) is 12.4. The number of hydrogen-bond donors (Lipinski definition) is 2. The fourth-order valence-electron chi connectivity index (χ4n) is 1.56. The van der Waals surface area contributed by atoms with Gasteiger partial charge in [-0.3, -0.25) is 0 Å². The lowest BCUT2D eigenvalue weighted by molar-refractivity contribution is 0.165. The summed E-state index contributed by atoms with van der Waals surface area (Å²) in [6.07, 6.45) is 2.95. The fraction of sp³-hybridized carbons (Fsp3) is 0.600. The maximum absolute atomic E-state index is 5.63. The van der Waals surface area contributed by atoms with Crippen molar-refractivity contribution in [2.75, 3.05) is 31.5 Å².